The molecule has 1 fully saturated rings. The molecule has 2 aliphatic rings. The number of allylic oxidation sites excluding steroid dienone is 2. The Kier molecular flexibility index (Phi) is 5.16. The quantitative estimate of drug-likeness (QED) is 0.764. The van der Waals surface area contributed by atoms with E-state index in [1.165, 1.54) is 0 Å². The summed E-state index contributed by atoms with van der Waals surface area (Å²) in [6.45, 7) is 0. The van der Waals surface area contributed by atoms with Gasteiger partial charge in [-0.2, -0.15) is 0 Å². The molecule has 2 heterocycles. The second kappa shape index (κ2) is 7.88. The molecular weight excluding hydrogens is 340 g/mol. The molecule has 140 valence electrons. The van der Waals surface area contributed by atoms with Gasteiger partial charge in [0, 0.05) is 35.6 Å². The van der Waals surface area contributed by atoms with Gasteiger partial charge in [-0.15, -0.1) is 0 Å². The van der Waals surface area contributed by atoms with E-state index in [0.717, 1.165) is 55.5 Å². The van der Waals surface area contributed by atoms with Gasteiger partial charge < -0.3 is 15.6 Å². The van der Waals surface area contributed by atoms with E-state index in [0.29, 0.717) is 17.3 Å². The molecule has 0 spiro atoms. The molecule has 1 saturated carbocycles. The average molecular weight is 364 g/mol. The number of anilines is 1. The predicted molar refractivity (Wildman–Crippen MR) is 105 cm³/mol. The predicted octanol–water partition coefficient (Wildman–Crippen LogP) is 4.33. The van der Waals surface area contributed by atoms with Crippen LogP contribution < -0.4 is 11.1 Å². The number of carbonyl (C=O) groups excluding carboxylic acids is 1. The summed E-state index contributed by atoms with van der Waals surface area (Å²) in [5, 5.41) is 6.71. The monoisotopic (exact) mass is 364 g/mol. The largest absolute Gasteiger partial charge is 0.360 e. The maximum Gasteiger partial charge on any atom is 0.277 e. The number of hydrogen-bond acceptors (Lipinski definition) is 5. The van der Waals surface area contributed by atoms with Crippen LogP contribution in [0.2, 0.25) is 0 Å². The van der Waals surface area contributed by atoms with Crippen molar-refractivity contribution in [2.24, 2.45) is 10.7 Å². The number of carbonyl (C=O) groups is 1. The van der Waals surface area contributed by atoms with Gasteiger partial charge in [-0.1, -0.05) is 23.4 Å². The van der Waals surface area contributed by atoms with Crippen LogP contribution in [0.1, 0.15) is 72.3 Å². The van der Waals surface area contributed by atoms with Crippen LogP contribution in [0, 0.1) is 0 Å². The van der Waals surface area contributed by atoms with Crippen molar-refractivity contribution in [3.63, 3.8) is 0 Å². The van der Waals surface area contributed by atoms with Gasteiger partial charge in [0.25, 0.3) is 5.91 Å². The van der Waals surface area contributed by atoms with Gasteiger partial charge in [-0.3, -0.25) is 9.79 Å². The molecule has 6 nitrogen and oxygen atoms in total. The summed E-state index contributed by atoms with van der Waals surface area (Å²) in [4.78, 5) is 16.7. The lowest BCUT2D eigenvalue weighted by atomic mass is 10.0. The molecule has 1 aliphatic carbocycles. The highest BCUT2D eigenvalue weighted by Gasteiger charge is 2.28. The standard InChI is InChI=1S/C21H24N4O2/c22-18(11-10-16-3-1-2-12-23-16)14-6-8-17(9-7-14)24-21(26)19-13-20(27-25-19)15-4-5-15/h3,6-9,12-13,15,18H,1-2,4-5,10-11,22H2,(H,24,26). The molecule has 3 N–H and O–H groups in total. The van der Waals surface area contributed by atoms with Crippen molar-refractivity contribution in [2.75, 3.05) is 5.32 Å². The first-order chi connectivity index (χ1) is 13.2. The van der Waals surface area contributed by atoms with Crippen molar-refractivity contribution in [3.8, 4) is 0 Å². The molecule has 6 heteroatoms. The smallest absolute Gasteiger partial charge is 0.277 e. The van der Waals surface area contributed by atoms with Crippen LogP contribution >= 0.6 is 0 Å². The molecule has 1 aliphatic heterocycles. The Bertz CT molecular complexity index is 863. The number of rotatable bonds is 7. The fourth-order valence-electron chi connectivity index (χ4n) is 3.16. The van der Waals surface area contributed by atoms with E-state index in [9.17, 15) is 4.79 Å². The Morgan fingerprint density at radius 3 is 2.78 bits per heavy atom. The maximum absolute atomic E-state index is 12.3. The number of amides is 1. The Hall–Kier alpha value is -2.73. The van der Waals surface area contributed by atoms with Crippen molar-refractivity contribution in [1.82, 2.24) is 5.16 Å². The average Bonchev–Trinajstić information content (AvgIpc) is 3.44. The number of aliphatic imine (C=N–C) groups is 1. The highest BCUT2D eigenvalue weighted by atomic mass is 16.5. The SMILES string of the molecule is NC(CCC1=CCCC=N1)c1ccc(NC(=O)c2cc(C3CC3)on2)cc1. The minimum absolute atomic E-state index is 0.0515. The summed E-state index contributed by atoms with van der Waals surface area (Å²) in [7, 11) is 0. The minimum atomic E-state index is -0.259. The van der Waals surface area contributed by atoms with E-state index < -0.39 is 0 Å². The maximum atomic E-state index is 12.3. The van der Waals surface area contributed by atoms with E-state index in [4.69, 9.17) is 10.3 Å². The zero-order valence-corrected chi connectivity index (χ0v) is 15.2. The van der Waals surface area contributed by atoms with Gasteiger partial charge in [0.15, 0.2) is 5.69 Å². The zero-order chi connectivity index (χ0) is 18.6. The normalized spacial score (nSPS) is 17.4. The summed E-state index contributed by atoms with van der Waals surface area (Å²) in [5.74, 6) is 0.985. The number of hydrogen-bond donors (Lipinski definition) is 2. The zero-order valence-electron chi connectivity index (χ0n) is 15.2. The van der Waals surface area contributed by atoms with E-state index in [-0.39, 0.29) is 11.9 Å². The van der Waals surface area contributed by atoms with Crippen molar-refractivity contribution in [1.29, 1.82) is 0 Å². The molecule has 1 aromatic carbocycles. The van der Waals surface area contributed by atoms with Gasteiger partial charge in [0.1, 0.15) is 5.76 Å². The Labute approximate surface area is 158 Å². The molecule has 1 unspecified atom stereocenters. The number of nitrogens with two attached hydrogens (primary N) is 1. The van der Waals surface area contributed by atoms with E-state index >= 15 is 0 Å². The molecule has 0 saturated heterocycles. The molecule has 2 aromatic rings. The molecule has 1 atom stereocenters. The third kappa shape index (κ3) is 4.52. The summed E-state index contributed by atoms with van der Waals surface area (Å²) in [5.41, 5.74) is 9.51. The van der Waals surface area contributed by atoms with Crippen LogP contribution in [-0.4, -0.2) is 17.3 Å². The highest BCUT2D eigenvalue weighted by molar-refractivity contribution is 6.02. The van der Waals surface area contributed by atoms with Crippen molar-refractivity contribution in [3.05, 3.63) is 59.1 Å². The van der Waals surface area contributed by atoms with Crippen LogP contribution in [0.5, 0.6) is 0 Å². The number of nitrogens with one attached hydrogen (secondary N) is 1. The van der Waals surface area contributed by atoms with E-state index in [2.05, 4.69) is 21.5 Å². The second-order valence-electron chi connectivity index (χ2n) is 7.19. The van der Waals surface area contributed by atoms with Gasteiger partial charge in [0.2, 0.25) is 0 Å². The number of aromatic nitrogens is 1. The van der Waals surface area contributed by atoms with Crippen molar-refractivity contribution in [2.45, 2.75) is 50.5 Å². The summed E-state index contributed by atoms with van der Waals surface area (Å²) >= 11 is 0. The summed E-state index contributed by atoms with van der Waals surface area (Å²) in [6, 6.07) is 9.33. The lowest BCUT2D eigenvalue weighted by Crippen LogP contribution is -2.13. The van der Waals surface area contributed by atoms with Gasteiger partial charge >= 0.3 is 0 Å². The highest BCUT2D eigenvalue weighted by Crippen LogP contribution is 2.40. The molecule has 0 radical (unpaired) electrons. The van der Waals surface area contributed by atoms with Crippen molar-refractivity contribution >= 4 is 17.8 Å². The van der Waals surface area contributed by atoms with Crippen LogP contribution in [0.25, 0.3) is 0 Å². The third-order valence-corrected chi connectivity index (χ3v) is 4.98. The molecule has 1 aromatic heterocycles. The molecule has 0 bridgehead atoms. The van der Waals surface area contributed by atoms with Crippen LogP contribution in [0.15, 0.2) is 51.6 Å². The van der Waals surface area contributed by atoms with Crippen LogP contribution in [-0.2, 0) is 0 Å². The Morgan fingerprint density at radius 1 is 1.26 bits per heavy atom. The van der Waals surface area contributed by atoms with Crippen LogP contribution in [0.3, 0.4) is 0 Å². The first-order valence-corrected chi connectivity index (χ1v) is 9.54. The van der Waals surface area contributed by atoms with E-state index in [1.807, 2.05) is 30.5 Å². The lowest BCUT2D eigenvalue weighted by Gasteiger charge is -2.14. The summed E-state index contributed by atoms with van der Waals surface area (Å²) in [6.07, 6.45) is 10.2. The van der Waals surface area contributed by atoms with Crippen molar-refractivity contribution < 1.29 is 9.32 Å². The molecular formula is C21H24N4O2. The Balaban J connectivity index is 1.31. The fourth-order valence-corrected chi connectivity index (χ4v) is 3.16. The second-order valence-corrected chi connectivity index (χ2v) is 7.19. The Morgan fingerprint density at radius 2 is 2.07 bits per heavy atom. The first-order valence-electron chi connectivity index (χ1n) is 9.54. The van der Waals surface area contributed by atoms with Gasteiger partial charge in [0.05, 0.1) is 0 Å². The summed E-state index contributed by atoms with van der Waals surface area (Å²) < 4.78 is 5.23. The molecule has 27 heavy (non-hydrogen) atoms. The fraction of sp³-hybridized carbons (Fsp3) is 0.381. The van der Waals surface area contributed by atoms with Gasteiger partial charge in [-0.05, 0) is 56.2 Å². The number of nitrogens with zero attached hydrogens (tertiary/aromatic N) is 2. The third-order valence-electron chi connectivity index (χ3n) is 4.98. The minimum Gasteiger partial charge on any atom is -0.360 e. The molecule has 1 amide bonds. The topological polar surface area (TPSA) is 93.5 Å². The molecule has 4 rings (SSSR count). The number of benzene rings is 1. The first kappa shape index (κ1) is 17.7. The van der Waals surface area contributed by atoms with E-state index in [1.54, 1.807) is 6.07 Å². The van der Waals surface area contributed by atoms with Crippen LogP contribution in [0.4, 0.5) is 5.69 Å². The van der Waals surface area contributed by atoms with Gasteiger partial charge in [-0.25, -0.2) is 0 Å². The lowest BCUT2D eigenvalue weighted by molar-refractivity contribution is 0.101.